The topological polar surface area (TPSA) is 318 Å². The lowest BCUT2D eigenvalue weighted by Crippen LogP contribution is -2.66. The van der Waals surface area contributed by atoms with Crippen molar-refractivity contribution in [2.45, 2.75) is 97.9 Å². The van der Waals surface area contributed by atoms with Crippen LogP contribution in [0.2, 0.25) is 0 Å². The summed E-state index contributed by atoms with van der Waals surface area (Å²) in [7, 11) is 0. The summed E-state index contributed by atoms with van der Waals surface area (Å²) in [6.45, 7) is -2.25. The molecule has 18 nitrogen and oxygen atoms in total. The van der Waals surface area contributed by atoms with Gasteiger partial charge < -0.3 is 86.2 Å². The van der Waals surface area contributed by atoms with Crippen molar-refractivity contribution in [2.75, 3.05) is 19.8 Å². The van der Waals surface area contributed by atoms with Crippen molar-refractivity contribution in [1.82, 2.24) is 0 Å². The van der Waals surface area contributed by atoms with E-state index in [0.29, 0.717) is 0 Å². The minimum atomic E-state index is -2.66. The van der Waals surface area contributed by atoms with Crippen molar-refractivity contribution in [3.05, 3.63) is 0 Å². The molecule has 18 heteroatoms. The van der Waals surface area contributed by atoms with Gasteiger partial charge in [0.2, 0.25) is 0 Å². The van der Waals surface area contributed by atoms with Crippen LogP contribution >= 0.6 is 0 Å². The second-order valence-electron chi connectivity index (χ2n) is 9.52. The van der Waals surface area contributed by atoms with Crippen LogP contribution in [0.15, 0.2) is 0 Å². The number of aliphatic hydroxyl groups excluding tert-OH is 9. The molecular weight excluding hydrogens is 524 g/mol. The molecule has 0 aromatic heterocycles. The summed E-state index contributed by atoms with van der Waals surface area (Å²) in [5.41, 5.74) is 11.4. The Morgan fingerprint density at radius 3 is 2.05 bits per heavy atom. The van der Waals surface area contributed by atoms with Crippen molar-refractivity contribution >= 4 is 5.97 Å². The molecule has 0 amide bonds. The maximum Gasteiger partial charge on any atom is 0.364 e. The maximum absolute atomic E-state index is 12.0. The third kappa shape index (κ3) is 6.25. The van der Waals surface area contributed by atoms with Crippen LogP contribution in [-0.2, 0) is 28.5 Å². The van der Waals surface area contributed by atoms with E-state index >= 15 is 0 Å². The highest BCUT2D eigenvalue weighted by Crippen LogP contribution is 2.34. The first kappa shape index (κ1) is 31.4. The minimum Gasteiger partial charge on any atom is -0.477 e. The number of carbonyl (C=O) groups is 1. The Kier molecular flexibility index (Phi) is 10.4. The molecule has 3 saturated heterocycles. The second-order valence-corrected chi connectivity index (χ2v) is 9.52. The number of aliphatic hydroxyl groups is 9. The summed E-state index contributed by atoms with van der Waals surface area (Å²) in [4.78, 5) is 12.0. The largest absolute Gasteiger partial charge is 0.477 e. The lowest BCUT2D eigenvalue weighted by Gasteiger charge is -2.46. The molecule has 222 valence electrons. The third-order valence-corrected chi connectivity index (χ3v) is 6.85. The van der Waals surface area contributed by atoms with E-state index in [1.165, 1.54) is 0 Å². The molecule has 0 aromatic rings. The first-order valence-electron chi connectivity index (χ1n) is 11.8. The maximum atomic E-state index is 12.0. The molecular formula is C20H36N2O16. The standard InChI is InChI=1S/C20H36N2O16/c21-9-14(29)12(27)7(36-17(9)31)3-34-18-10(22)15(30)13(28)8(37-18)4-35-20(19(32)33)1-5(24)11(26)16(38-20)6(25)2-23/h5-18,23-31H,1-4,21-22H2,(H,32,33)/t5-,6-,7-,8-,9-,10-,11-,12-,13-,14-,15-,16-,17-,18-,20-/m1/s1. The van der Waals surface area contributed by atoms with Crippen LogP contribution in [-0.4, -0.2) is 168 Å². The number of nitrogens with two attached hydrogens (primary N) is 2. The van der Waals surface area contributed by atoms with E-state index in [2.05, 4.69) is 0 Å². The molecule has 0 aromatic carbocycles. The molecule has 0 unspecified atom stereocenters. The Morgan fingerprint density at radius 2 is 1.47 bits per heavy atom. The molecule has 14 N–H and O–H groups in total. The fourth-order valence-corrected chi connectivity index (χ4v) is 4.41. The van der Waals surface area contributed by atoms with Gasteiger partial charge in [0.05, 0.1) is 38.0 Å². The molecule has 0 aliphatic carbocycles. The third-order valence-electron chi connectivity index (χ3n) is 6.85. The number of carboxylic acids is 1. The lowest BCUT2D eigenvalue weighted by molar-refractivity contribution is -0.340. The molecule has 15 atom stereocenters. The summed E-state index contributed by atoms with van der Waals surface area (Å²) in [5, 5.41) is 99.6. The molecule has 3 aliphatic heterocycles. The van der Waals surface area contributed by atoms with Crippen LogP contribution < -0.4 is 11.5 Å². The van der Waals surface area contributed by atoms with Gasteiger partial charge in [-0.25, -0.2) is 4.79 Å². The fourth-order valence-electron chi connectivity index (χ4n) is 4.41. The zero-order valence-corrected chi connectivity index (χ0v) is 20.0. The van der Waals surface area contributed by atoms with Gasteiger partial charge >= 0.3 is 5.97 Å². The van der Waals surface area contributed by atoms with E-state index in [1.807, 2.05) is 0 Å². The van der Waals surface area contributed by atoms with E-state index in [-0.39, 0.29) is 0 Å². The molecule has 38 heavy (non-hydrogen) atoms. The smallest absolute Gasteiger partial charge is 0.364 e. The predicted molar refractivity (Wildman–Crippen MR) is 116 cm³/mol. The SMILES string of the molecule is N[C@@H]1[C@@H](O)[C@H](O)[C@@H](CO[C@@H]2O[C@H](CO[C@]3(C(=O)O)C[C@@H](O)[C@@H](O)[C@@H]([C@H](O)CO)O3)[C@@H](O)[C@H](O)[C@H]2N)O[C@H]1O. The van der Waals surface area contributed by atoms with Crippen molar-refractivity contribution in [2.24, 2.45) is 11.5 Å². The number of hydrogen-bond donors (Lipinski definition) is 12. The number of rotatable bonds is 9. The molecule has 3 rings (SSSR count). The van der Waals surface area contributed by atoms with Crippen LogP contribution in [0.1, 0.15) is 6.42 Å². The van der Waals surface area contributed by atoms with Crippen LogP contribution in [0.3, 0.4) is 0 Å². The minimum absolute atomic E-state index is 0.524. The van der Waals surface area contributed by atoms with Crippen LogP contribution in [0, 0.1) is 0 Å². The van der Waals surface area contributed by atoms with Gasteiger partial charge in [-0.05, 0) is 0 Å². The highest BCUT2D eigenvalue weighted by Gasteiger charge is 2.55. The van der Waals surface area contributed by atoms with Gasteiger partial charge in [-0.3, -0.25) is 0 Å². The summed E-state index contributed by atoms with van der Waals surface area (Å²) in [6.07, 6.45) is -20.3. The fraction of sp³-hybridized carbons (Fsp3) is 0.950. The van der Waals surface area contributed by atoms with Gasteiger partial charge in [-0.15, -0.1) is 0 Å². The Bertz CT molecular complexity index is 796. The molecule has 0 radical (unpaired) electrons. The van der Waals surface area contributed by atoms with Gasteiger partial charge in [0.25, 0.3) is 5.79 Å². The Balaban J connectivity index is 1.68. The second kappa shape index (κ2) is 12.6. The van der Waals surface area contributed by atoms with Gasteiger partial charge in [0, 0.05) is 6.42 Å². The first-order valence-corrected chi connectivity index (χ1v) is 11.8. The van der Waals surface area contributed by atoms with Crippen LogP contribution in [0.25, 0.3) is 0 Å². The van der Waals surface area contributed by atoms with Crippen LogP contribution in [0.4, 0.5) is 0 Å². The lowest BCUT2D eigenvalue weighted by atomic mass is 9.92. The molecule has 3 aliphatic rings. The molecule has 3 heterocycles. The van der Waals surface area contributed by atoms with Gasteiger partial charge in [-0.2, -0.15) is 0 Å². The van der Waals surface area contributed by atoms with E-state index < -0.39 is 124 Å². The van der Waals surface area contributed by atoms with Crippen molar-refractivity contribution < 1.29 is 79.5 Å². The first-order chi connectivity index (χ1) is 17.7. The monoisotopic (exact) mass is 560 g/mol. The number of carboxylic acid groups (broad SMARTS) is 1. The van der Waals surface area contributed by atoms with E-state index in [4.69, 9.17) is 35.2 Å². The highest BCUT2D eigenvalue weighted by molar-refractivity contribution is 5.76. The molecule has 0 spiro atoms. The van der Waals surface area contributed by atoms with Gasteiger partial charge in [0.15, 0.2) is 12.6 Å². The summed E-state index contributed by atoms with van der Waals surface area (Å²) < 4.78 is 26.7. The molecule has 0 saturated carbocycles. The van der Waals surface area contributed by atoms with Crippen molar-refractivity contribution in [3.63, 3.8) is 0 Å². The number of hydrogen-bond acceptors (Lipinski definition) is 17. The zero-order valence-electron chi connectivity index (χ0n) is 20.0. The molecule has 0 bridgehead atoms. The quantitative estimate of drug-likeness (QED) is 0.124. The average Bonchev–Trinajstić information content (AvgIpc) is 2.88. The van der Waals surface area contributed by atoms with E-state index in [0.717, 1.165) is 0 Å². The number of aliphatic carboxylic acids is 1. The van der Waals surface area contributed by atoms with Gasteiger partial charge in [-0.1, -0.05) is 0 Å². The highest BCUT2D eigenvalue weighted by atomic mass is 16.7. The summed E-state index contributed by atoms with van der Waals surface area (Å²) in [5.74, 6) is -4.43. The summed E-state index contributed by atoms with van der Waals surface area (Å²) in [6, 6.07) is -2.64. The Labute approximate surface area is 215 Å². The van der Waals surface area contributed by atoms with Crippen LogP contribution in [0.5, 0.6) is 0 Å². The summed E-state index contributed by atoms with van der Waals surface area (Å²) >= 11 is 0. The average molecular weight is 561 g/mol. The van der Waals surface area contributed by atoms with Crippen molar-refractivity contribution in [3.8, 4) is 0 Å². The predicted octanol–water partition coefficient (Wildman–Crippen LogP) is -7.80. The van der Waals surface area contributed by atoms with E-state index in [1.54, 1.807) is 0 Å². The Hall–Kier alpha value is -1.17. The van der Waals surface area contributed by atoms with Gasteiger partial charge in [0.1, 0.15) is 54.9 Å². The Morgan fingerprint density at radius 1 is 0.895 bits per heavy atom. The van der Waals surface area contributed by atoms with Crippen molar-refractivity contribution in [1.29, 1.82) is 0 Å². The normalized spacial score (nSPS) is 49.0. The number of ether oxygens (including phenoxy) is 5. The van der Waals surface area contributed by atoms with E-state index in [9.17, 15) is 55.9 Å². The zero-order chi connectivity index (χ0) is 28.5. The molecule has 3 fully saturated rings.